The van der Waals surface area contributed by atoms with Gasteiger partial charge in [-0.1, -0.05) is 6.07 Å². The summed E-state index contributed by atoms with van der Waals surface area (Å²) in [5, 5.41) is 9.96. The van der Waals surface area contributed by atoms with Gasteiger partial charge in [0.1, 0.15) is 16.8 Å². The van der Waals surface area contributed by atoms with E-state index >= 15 is 8.78 Å². The third kappa shape index (κ3) is 2.63. The van der Waals surface area contributed by atoms with E-state index in [4.69, 9.17) is 14.2 Å². The molecule has 1 spiro atoms. The number of aliphatic hydroxyl groups is 1. The lowest BCUT2D eigenvalue weighted by molar-refractivity contribution is -0.221. The molecule has 1 amide bonds. The molecule has 3 aliphatic rings. The van der Waals surface area contributed by atoms with Gasteiger partial charge in [-0.05, 0) is 39.7 Å². The SMILES string of the molecule is CC(C)(C)OC(=O)N1CCC2(CC1)c1ccc3c(c1OC2(F)F)C(O)OC3=O. The Hall–Kier alpha value is -2.42. The van der Waals surface area contributed by atoms with Crippen molar-refractivity contribution in [3.63, 3.8) is 0 Å². The number of alkyl halides is 2. The molecule has 4 rings (SSSR count). The summed E-state index contributed by atoms with van der Waals surface area (Å²) in [6.45, 7) is 5.35. The molecule has 9 heteroatoms. The van der Waals surface area contributed by atoms with Gasteiger partial charge in [-0.25, -0.2) is 9.59 Å². The van der Waals surface area contributed by atoms with E-state index in [9.17, 15) is 14.7 Å². The smallest absolute Gasteiger partial charge is 0.410 e. The van der Waals surface area contributed by atoms with Crippen LogP contribution < -0.4 is 4.74 Å². The van der Waals surface area contributed by atoms with Crippen molar-refractivity contribution in [3.8, 4) is 5.75 Å². The number of likely N-dealkylation sites (tertiary alicyclic amines) is 1. The van der Waals surface area contributed by atoms with Crippen LogP contribution >= 0.6 is 0 Å². The highest BCUT2D eigenvalue weighted by atomic mass is 19.3. The van der Waals surface area contributed by atoms with Gasteiger partial charge in [-0.3, -0.25) is 0 Å². The Morgan fingerprint density at radius 3 is 2.54 bits per heavy atom. The number of esters is 1. The first kappa shape index (κ1) is 18.9. The normalized spacial score (nSPS) is 24.4. The molecule has 3 aliphatic heterocycles. The van der Waals surface area contributed by atoms with Gasteiger partial charge in [0.05, 0.1) is 11.1 Å². The Kier molecular flexibility index (Phi) is 3.91. The summed E-state index contributed by atoms with van der Waals surface area (Å²) in [5.41, 5.74) is -2.15. The van der Waals surface area contributed by atoms with E-state index in [0.29, 0.717) is 0 Å². The van der Waals surface area contributed by atoms with Crippen molar-refractivity contribution in [2.24, 2.45) is 0 Å². The van der Waals surface area contributed by atoms with Gasteiger partial charge in [0.2, 0.25) is 6.29 Å². The van der Waals surface area contributed by atoms with E-state index < -0.39 is 35.5 Å². The van der Waals surface area contributed by atoms with Crippen LogP contribution in [0.1, 0.15) is 61.4 Å². The summed E-state index contributed by atoms with van der Waals surface area (Å²) in [4.78, 5) is 25.4. The zero-order valence-corrected chi connectivity index (χ0v) is 15.8. The first-order valence-electron chi connectivity index (χ1n) is 9.06. The molecule has 0 aliphatic carbocycles. The lowest BCUT2D eigenvalue weighted by Crippen LogP contribution is -2.53. The molecule has 1 fully saturated rings. The number of ether oxygens (including phenoxy) is 3. The van der Waals surface area contributed by atoms with E-state index in [2.05, 4.69) is 0 Å². The number of carbonyl (C=O) groups is 2. The minimum atomic E-state index is -3.55. The molecule has 0 bridgehead atoms. The van der Waals surface area contributed by atoms with Crippen molar-refractivity contribution in [1.82, 2.24) is 4.90 Å². The second kappa shape index (κ2) is 5.79. The van der Waals surface area contributed by atoms with Gasteiger partial charge >= 0.3 is 18.2 Å². The van der Waals surface area contributed by atoms with Gasteiger partial charge in [0, 0.05) is 18.7 Å². The molecule has 0 aromatic heterocycles. The fraction of sp³-hybridized carbons (Fsp3) is 0.579. The summed E-state index contributed by atoms with van der Waals surface area (Å²) in [5.74, 6) is -0.982. The van der Waals surface area contributed by atoms with Gasteiger partial charge < -0.3 is 24.2 Å². The zero-order chi connectivity index (χ0) is 20.5. The van der Waals surface area contributed by atoms with Crippen molar-refractivity contribution < 1.29 is 37.7 Å². The van der Waals surface area contributed by atoms with E-state index in [1.807, 2.05) is 0 Å². The molecule has 1 aromatic rings. The number of fused-ring (bicyclic) bond motifs is 4. The van der Waals surface area contributed by atoms with E-state index in [1.54, 1.807) is 20.8 Å². The first-order chi connectivity index (χ1) is 13.0. The van der Waals surface area contributed by atoms with Crippen molar-refractivity contribution in [3.05, 3.63) is 28.8 Å². The Morgan fingerprint density at radius 2 is 1.93 bits per heavy atom. The quantitative estimate of drug-likeness (QED) is 0.677. The van der Waals surface area contributed by atoms with Crippen LogP contribution in [0.25, 0.3) is 0 Å². The fourth-order valence-electron chi connectivity index (χ4n) is 4.07. The monoisotopic (exact) mass is 397 g/mol. The predicted molar refractivity (Wildman–Crippen MR) is 91.1 cm³/mol. The molecule has 28 heavy (non-hydrogen) atoms. The highest BCUT2D eigenvalue weighted by Crippen LogP contribution is 2.59. The number of benzene rings is 1. The van der Waals surface area contributed by atoms with Gasteiger partial charge in [-0.2, -0.15) is 8.78 Å². The Labute approximate surface area is 160 Å². The molecule has 0 saturated carbocycles. The summed E-state index contributed by atoms with van der Waals surface area (Å²) in [6, 6.07) is 2.80. The van der Waals surface area contributed by atoms with E-state index in [0.717, 1.165) is 0 Å². The highest BCUT2D eigenvalue weighted by molar-refractivity contribution is 5.95. The summed E-state index contributed by atoms with van der Waals surface area (Å²) in [6.07, 6.45) is -5.82. The largest absolute Gasteiger partial charge is 0.444 e. The van der Waals surface area contributed by atoms with Crippen LogP contribution in [0.4, 0.5) is 13.6 Å². The minimum Gasteiger partial charge on any atom is -0.444 e. The van der Waals surface area contributed by atoms with Crippen LogP contribution in [0.3, 0.4) is 0 Å². The van der Waals surface area contributed by atoms with Crippen molar-refractivity contribution in [2.75, 3.05) is 13.1 Å². The molecule has 0 radical (unpaired) electrons. The molecule has 1 unspecified atom stereocenters. The molecular formula is C19H21F2NO6. The minimum absolute atomic E-state index is 0.0188. The van der Waals surface area contributed by atoms with Crippen LogP contribution in [-0.2, 0) is 14.9 Å². The number of rotatable bonds is 0. The van der Waals surface area contributed by atoms with Gasteiger partial charge in [0.15, 0.2) is 0 Å². The average Bonchev–Trinajstić information content (AvgIpc) is 2.98. The predicted octanol–water partition coefficient (Wildman–Crippen LogP) is 3.10. The van der Waals surface area contributed by atoms with Gasteiger partial charge in [-0.15, -0.1) is 0 Å². The molecule has 152 valence electrons. The third-order valence-electron chi connectivity index (χ3n) is 5.45. The highest BCUT2D eigenvalue weighted by Gasteiger charge is 2.65. The molecule has 1 saturated heterocycles. The second-order valence-corrected chi connectivity index (χ2v) is 8.33. The molecule has 3 heterocycles. The fourth-order valence-corrected chi connectivity index (χ4v) is 4.07. The molecule has 1 N–H and O–H groups in total. The van der Waals surface area contributed by atoms with Gasteiger partial charge in [0.25, 0.3) is 0 Å². The number of cyclic esters (lactones) is 1. The first-order valence-corrected chi connectivity index (χ1v) is 9.06. The number of hydrogen-bond acceptors (Lipinski definition) is 6. The number of carbonyl (C=O) groups excluding carboxylic acids is 2. The van der Waals surface area contributed by atoms with Crippen LogP contribution in [-0.4, -0.2) is 46.9 Å². The standard InChI is InChI=1S/C19H21F2NO6/c1-17(2,3)28-16(25)22-8-6-18(7-9-22)11-5-4-10-12(15(24)26-14(10)23)13(11)27-19(18,20)21/h4-5,15,24H,6-9H2,1-3H3. The van der Waals surface area contributed by atoms with Crippen LogP contribution in [0, 0.1) is 0 Å². The number of nitrogens with zero attached hydrogens (tertiary/aromatic N) is 1. The number of piperidine rings is 1. The zero-order valence-electron chi connectivity index (χ0n) is 15.8. The number of halogens is 2. The lowest BCUT2D eigenvalue weighted by Gasteiger charge is -2.41. The summed E-state index contributed by atoms with van der Waals surface area (Å²) < 4.78 is 45.0. The Balaban J connectivity index is 1.65. The van der Waals surface area contributed by atoms with Crippen molar-refractivity contribution >= 4 is 12.1 Å². The number of aliphatic hydroxyl groups excluding tert-OH is 1. The number of amides is 1. The Morgan fingerprint density at radius 1 is 1.29 bits per heavy atom. The maximum absolute atomic E-state index is 15.0. The summed E-state index contributed by atoms with van der Waals surface area (Å²) >= 11 is 0. The summed E-state index contributed by atoms with van der Waals surface area (Å²) in [7, 11) is 0. The lowest BCUT2D eigenvalue weighted by atomic mass is 9.72. The van der Waals surface area contributed by atoms with Crippen LogP contribution in [0.2, 0.25) is 0 Å². The molecular weight excluding hydrogens is 376 g/mol. The number of hydrogen-bond donors (Lipinski definition) is 1. The maximum Gasteiger partial charge on any atom is 0.410 e. The molecule has 7 nitrogen and oxygen atoms in total. The third-order valence-corrected chi connectivity index (χ3v) is 5.45. The van der Waals surface area contributed by atoms with Crippen molar-refractivity contribution in [1.29, 1.82) is 0 Å². The Bertz CT molecular complexity index is 855. The topological polar surface area (TPSA) is 85.3 Å². The average molecular weight is 397 g/mol. The molecule has 1 aromatic carbocycles. The van der Waals surface area contributed by atoms with Crippen molar-refractivity contribution in [2.45, 2.75) is 57.0 Å². The van der Waals surface area contributed by atoms with E-state index in [1.165, 1.54) is 17.0 Å². The molecule has 1 atom stereocenters. The maximum atomic E-state index is 15.0. The van der Waals surface area contributed by atoms with Crippen LogP contribution in [0.5, 0.6) is 5.75 Å². The van der Waals surface area contributed by atoms with Crippen LogP contribution in [0.15, 0.2) is 12.1 Å². The van der Waals surface area contributed by atoms with E-state index in [-0.39, 0.29) is 48.4 Å². The second-order valence-electron chi connectivity index (χ2n) is 8.33.